The predicted octanol–water partition coefficient (Wildman–Crippen LogP) is 4.89. The van der Waals surface area contributed by atoms with E-state index in [0.717, 1.165) is 28.9 Å². The van der Waals surface area contributed by atoms with E-state index < -0.39 is 11.7 Å². The molecule has 8 heteroatoms. The van der Waals surface area contributed by atoms with Crippen molar-refractivity contribution in [1.29, 1.82) is 0 Å². The van der Waals surface area contributed by atoms with Gasteiger partial charge in [0.2, 0.25) is 17.6 Å². The molecule has 1 amide bonds. The molecule has 0 bridgehead atoms. The Hall–Kier alpha value is -3.16. The molecule has 0 aliphatic carbocycles. The van der Waals surface area contributed by atoms with Crippen molar-refractivity contribution < 1.29 is 22.5 Å². The predicted molar refractivity (Wildman–Crippen MR) is 100 cm³/mol. The van der Waals surface area contributed by atoms with E-state index in [2.05, 4.69) is 10.1 Å². The van der Waals surface area contributed by atoms with Crippen LogP contribution in [0.15, 0.2) is 47.0 Å². The van der Waals surface area contributed by atoms with E-state index in [9.17, 15) is 18.0 Å². The number of hydrogen-bond acceptors (Lipinski definition) is 4. The summed E-state index contributed by atoms with van der Waals surface area (Å²) in [6.07, 6.45) is -4.16. The molecule has 3 aromatic rings. The highest BCUT2D eigenvalue weighted by Crippen LogP contribution is 2.34. The lowest BCUT2D eigenvalue weighted by Gasteiger charge is -2.19. The molecule has 0 saturated carbocycles. The smallest absolute Gasteiger partial charge is 0.339 e. The van der Waals surface area contributed by atoms with Crippen LogP contribution in [0.5, 0.6) is 0 Å². The van der Waals surface area contributed by atoms with E-state index in [0.29, 0.717) is 18.0 Å². The molecular weight excluding hydrogens is 383 g/mol. The molecule has 1 atom stereocenters. The maximum atomic E-state index is 12.7. The molecule has 0 N–H and O–H groups in total. The summed E-state index contributed by atoms with van der Waals surface area (Å²) in [5.41, 5.74) is 2.60. The molecule has 5 nitrogen and oxygen atoms in total. The number of aromatic nitrogens is 2. The minimum Gasteiger partial charge on any atom is -0.339 e. The summed E-state index contributed by atoms with van der Waals surface area (Å²) in [5, 5.41) is 3.88. The van der Waals surface area contributed by atoms with Crippen LogP contribution >= 0.6 is 0 Å². The van der Waals surface area contributed by atoms with Crippen molar-refractivity contribution in [3.05, 3.63) is 65.0 Å². The largest absolute Gasteiger partial charge is 0.416 e. The maximum absolute atomic E-state index is 12.7. The van der Waals surface area contributed by atoms with Gasteiger partial charge in [-0.2, -0.15) is 18.2 Å². The Bertz CT molecular complexity index is 1060. The number of alkyl halides is 3. The Kier molecular flexibility index (Phi) is 4.64. The second kappa shape index (κ2) is 7.02. The molecule has 1 fully saturated rings. The lowest BCUT2D eigenvalue weighted by atomic mass is 10.1. The van der Waals surface area contributed by atoms with Gasteiger partial charge >= 0.3 is 6.18 Å². The molecule has 1 aromatic heterocycles. The van der Waals surface area contributed by atoms with Gasteiger partial charge in [0.05, 0.1) is 11.5 Å². The fourth-order valence-corrected chi connectivity index (χ4v) is 3.44. The fraction of sp³-hybridized carbons (Fsp3) is 0.286. The monoisotopic (exact) mass is 401 g/mol. The van der Waals surface area contributed by atoms with Crippen molar-refractivity contribution in [1.82, 2.24) is 10.1 Å². The molecule has 1 aliphatic heterocycles. The van der Waals surface area contributed by atoms with Crippen LogP contribution in [0.25, 0.3) is 11.4 Å². The zero-order chi connectivity index (χ0) is 20.8. The average Bonchev–Trinajstić information content (AvgIpc) is 3.30. The van der Waals surface area contributed by atoms with Gasteiger partial charge in [-0.15, -0.1) is 0 Å². The van der Waals surface area contributed by atoms with Crippen LogP contribution in [0.4, 0.5) is 18.9 Å². The van der Waals surface area contributed by atoms with Crippen molar-refractivity contribution in [2.75, 3.05) is 11.4 Å². The molecule has 2 heterocycles. The first-order valence-electron chi connectivity index (χ1n) is 9.11. The van der Waals surface area contributed by atoms with Crippen molar-refractivity contribution in [2.45, 2.75) is 32.4 Å². The number of rotatable bonds is 3. The van der Waals surface area contributed by atoms with Gasteiger partial charge in [-0.05, 0) is 43.2 Å². The Labute approximate surface area is 165 Å². The Morgan fingerprint density at radius 2 is 1.83 bits per heavy atom. The molecule has 2 aromatic carbocycles. The van der Waals surface area contributed by atoms with Gasteiger partial charge in [-0.1, -0.05) is 29.4 Å². The summed E-state index contributed by atoms with van der Waals surface area (Å²) >= 11 is 0. The highest BCUT2D eigenvalue weighted by atomic mass is 19.4. The molecule has 1 aliphatic rings. The van der Waals surface area contributed by atoms with E-state index in [1.165, 1.54) is 12.1 Å². The quantitative estimate of drug-likeness (QED) is 0.627. The van der Waals surface area contributed by atoms with Crippen molar-refractivity contribution >= 4 is 11.6 Å². The number of carbonyl (C=O) groups is 1. The molecule has 1 unspecified atom stereocenters. The normalized spacial score (nSPS) is 17.2. The number of aryl methyl sites for hydroxylation is 2. The van der Waals surface area contributed by atoms with Gasteiger partial charge in [0.15, 0.2) is 0 Å². The lowest BCUT2D eigenvalue weighted by molar-refractivity contribution is -0.137. The minimum absolute atomic E-state index is 0.0296. The number of carbonyl (C=O) groups excluding carboxylic acids is 1. The van der Waals surface area contributed by atoms with E-state index in [1.807, 2.05) is 32.0 Å². The molecule has 4 rings (SSSR count). The zero-order valence-corrected chi connectivity index (χ0v) is 15.8. The molecule has 150 valence electrons. The first-order valence-corrected chi connectivity index (χ1v) is 9.11. The third kappa shape index (κ3) is 3.74. The maximum Gasteiger partial charge on any atom is 0.416 e. The third-order valence-corrected chi connectivity index (χ3v) is 5.04. The molecule has 0 radical (unpaired) electrons. The van der Waals surface area contributed by atoms with Crippen molar-refractivity contribution in [3.63, 3.8) is 0 Å². The first-order chi connectivity index (χ1) is 13.7. The SMILES string of the molecule is Cc1ccc(C)c(N2CC(c3nc(-c4ccc(C(F)(F)F)cc4)no3)CC2=O)c1. The van der Waals surface area contributed by atoms with E-state index in [1.54, 1.807) is 4.90 Å². The van der Waals surface area contributed by atoms with Crippen LogP contribution < -0.4 is 4.90 Å². The van der Waals surface area contributed by atoms with Crippen LogP contribution in [0.2, 0.25) is 0 Å². The van der Waals surface area contributed by atoms with Gasteiger partial charge in [-0.3, -0.25) is 4.79 Å². The molecule has 1 saturated heterocycles. The van der Waals surface area contributed by atoms with Gasteiger partial charge in [0.25, 0.3) is 0 Å². The summed E-state index contributed by atoms with van der Waals surface area (Å²) in [4.78, 5) is 18.6. The van der Waals surface area contributed by atoms with Crippen LogP contribution in [-0.2, 0) is 11.0 Å². The summed E-state index contributed by atoms with van der Waals surface area (Å²) in [7, 11) is 0. The third-order valence-electron chi connectivity index (χ3n) is 5.04. The number of anilines is 1. The van der Waals surface area contributed by atoms with E-state index >= 15 is 0 Å². The lowest BCUT2D eigenvalue weighted by Crippen LogP contribution is -2.25. The van der Waals surface area contributed by atoms with Crippen LogP contribution in [0.1, 0.15) is 34.9 Å². The topological polar surface area (TPSA) is 59.2 Å². The number of nitrogens with zero attached hydrogens (tertiary/aromatic N) is 3. The average molecular weight is 401 g/mol. The highest BCUT2D eigenvalue weighted by Gasteiger charge is 2.36. The number of hydrogen-bond donors (Lipinski definition) is 0. The zero-order valence-electron chi connectivity index (χ0n) is 15.8. The minimum atomic E-state index is -4.40. The standard InChI is InChI=1S/C21H18F3N3O2/c1-12-3-4-13(2)17(9-12)27-11-15(10-18(27)28)20-25-19(26-29-20)14-5-7-16(8-6-14)21(22,23)24/h3-9,15H,10-11H2,1-2H3. The van der Waals surface area contributed by atoms with Crippen LogP contribution in [0, 0.1) is 13.8 Å². The van der Waals surface area contributed by atoms with E-state index in [4.69, 9.17) is 4.52 Å². The van der Waals surface area contributed by atoms with Gasteiger partial charge < -0.3 is 9.42 Å². The summed E-state index contributed by atoms with van der Waals surface area (Å²) < 4.78 is 43.5. The molecule has 0 spiro atoms. The van der Waals surface area contributed by atoms with Gasteiger partial charge in [0, 0.05) is 24.2 Å². The molecular formula is C21H18F3N3O2. The number of benzene rings is 2. The fourth-order valence-electron chi connectivity index (χ4n) is 3.44. The van der Waals surface area contributed by atoms with Crippen LogP contribution in [-0.4, -0.2) is 22.6 Å². The summed E-state index contributed by atoms with van der Waals surface area (Å²) in [5.74, 6) is 0.212. The second-order valence-corrected chi connectivity index (χ2v) is 7.23. The van der Waals surface area contributed by atoms with Crippen molar-refractivity contribution in [3.8, 4) is 11.4 Å². The summed E-state index contributed by atoms with van der Waals surface area (Å²) in [6.45, 7) is 4.33. The first kappa shape index (κ1) is 19.2. The van der Waals surface area contributed by atoms with Gasteiger partial charge in [0.1, 0.15) is 0 Å². The number of halogens is 3. The Morgan fingerprint density at radius 3 is 2.52 bits per heavy atom. The Balaban J connectivity index is 1.54. The molecule has 29 heavy (non-hydrogen) atoms. The van der Waals surface area contributed by atoms with Gasteiger partial charge in [-0.25, -0.2) is 0 Å². The van der Waals surface area contributed by atoms with Crippen molar-refractivity contribution in [2.24, 2.45) is 0 Å². The highest BCUT2D eigenvalue weighted by molar-refractivity contribution is 5.97. The van der Waals surface area contributed by atoms with E-state index in [-0.39, 0.29) is 24.1 Å². The summed E-state index contributed by atoms with van der Waals surface area (Å²) in [6, 6.07) is 10.5. The number of amides is 1. The Morgan fingerprint density at radius 1 is 1.10 bits per heavy atom. The second-order valence-electron chi connectivity index (χ2n) is 7.23. The van der Waals surface area contributed by atoms with Crippen LogP contribution in [0.3, 0.4) is 0 Å².